The summed E-state index contributed by atoms with van der Waals surface area (Å²) in [7, 11) is 0. The van der Waals surface area contributed by atoms with Crippen LogP contribution in [0.3, 0.4) is 0 Å². The lowest BCUT2D eigenvalue weighted by atomic mass is 9.87. The highest BCUT2D eigenvalue weighted by atomic mass is 35.5. The van der Waals surface area contributed by atoms with Crippen LogP contribution in [-0.2, 0) is 5.54 Å². The first-order valence-corrected chi connectivity index (χ1v) is 11.4. The van der Waals surface area contributed by atoms with Crippen molar-refractivity contribution >= 4 is 29.2 Å². The number of hydrogen-bond donors (Lipinski definition) is 0. The third-order valence-corrected chi connectivity index (χ3v) is 7.11. The average molecular weight is 399 g/mol. The number of halogens is 1. The number of hydrogen-bond acceptors (Lipinski definition) is 3. The van der Waals surface area contributed by atoms with Crippen LogP contribution in [0.4, 0.5) is 0 Å². The van der Waals surface area contributed by atoms with Crippen molar-refractivity contribution in [2.24, 2.45) is 4.99 Å². The summed E-state index contributed by atoms with van der Waals surface area (Å²) in [6.45, 7) is 4.55. The Labute approximate surface area is 172 Å². The number of thioether (sulfide) groups is 1. The Bertz CT molecular complexity index is 811. The molecule has 0 aliphatic carbocycles. The number of likely N-dealkylation sites (tertiary alicyclic amines) is 1. The van der Waals surface area contributed by atoms with Crippen LogP contribution in [0, 0.1) is 0 Å². The Morgan fingerprint density at radius 3 is 2.56 bits per heavy atom. The van der Waals surface area contributed by atoms with Crippen molar-refractivity contribution in [3.05, 3.63) is 64.7 Å². The second-order valence-corrected chi connectivity index (χ2v) is 9.04. The molecule has 0 amide bonds. The van der Waals surface area contributed by atoms with Gasteiger partial charge in [0.25, 0.3) is 0 Å². The molecule has 0 bridgehead atoms. The van der Waals surface area contributed by atoms with Crippen LogP contribution < -0.4 is 0 Å². The number of nitrogens with zero attached hydrogens (tertiary/aromatic N) is 2. The summed E-state index contributed by atoms with van der Waals surface area (Å²) in [4.78, 5) is 9.20. The lowest BCUT2D eigenvalue weighted by Crippen LogP contribution is -2.28. The first-order valence-electron chi connectivity index (χ1n) is 10.0. The summed E-state index contributed by atoms with van der Waals surface area (Å²) in [5.41, 5.74) is 2.66. The Kier molecular flexibility index (Phi) is 5.79. The van der Waals surface area contributed by atoms with Gasteiger partial charge in [-0.2, -0.15) is 0 Å². The molecule has 0 spiro atoms. The molecule has 2 aliphatic heterocycles. The number of amidine groups is 1. The van der Waals surface area contributed by atoms with Gasteiger partial charge in [0.1, 0.15) is 5.84 Å². The van der Waals surface area contributed by atoms with Crippen LogP contribution in [-0.4, -0.2) is 29.6 Å². The van der Waals surface area contributed by atoms with Crippen LogP contribution in [0.2, 0.25) is 5.02 Å². The predicted molar refractivity (Wildman–Crippen MR) is 117 cm³/mol. The van der Waals surface area contributed by atoms with Crippen LogP contribution in [0.5, 0.6) is 0 Å². The molecule has 4 rings (SSSR count). The van der Waals surface area contributed by atoms with E-state index >= 15 is 0 Å². The van der Waals surface area contributed by atoms with E-state index in [1.54, 1.807) is 0 Å². The Hall–Kier alpha value is -1.45. The van der Waals surface area contributed by atoms with Crippen molar-refractivity contribution in [1.82, 2.24) is 4.90 Å². The SMILES string of the molecule is CCCCC1(CSc2ccc(Cl)cc2)N=C(N2CCCC2)c2ccccc21. The molecule has 2 heterocycles. The molecular weight excluding hydrogens is 372 g/mol. The predicted octanol–water partition coefficient (Wildman–Crippen LogP) is 6.37. The maximum Gasteiger partial charge on any atom is 0.132 e. The van der Waals surface area contributed by atoms with Gasteiger partial charge in [0, 0.05) is 34.3 Å². The normalized spacial score (nSPS) is 21.4. The molecular formula is C23H27ClN2S. The van der Waals surface area contributed by atoms with Crippen LogP contribution >= 0.6 is 23.4 Å². The number of fused-ring (bicyclic) bond motifs is 1. The minimum Gasteiger partial charge on any atom is -0.356 e. The number of aliphatic imine (C=N–C) groups is 1. The van der Waals surface area contributed by atoms with Crippen molar-refractivity contribution in [1.29, 1.82) is 0 Å². The summed E-state index contributed by atoms with van der Waals surface area (Å²) >= 11 is 7.96. The van der Waals surface area contributed by atoms with Gasteiger partial charge in [-0.3, -0.25) is 4.99 Å². The zero-order chi connectivity index (χ0) is 18.7. The molecule has 0 saturated carbocycles. The van der Waals surface area contributed by atoms with E-state index in [-0.39, 0.29) is 5.54 Å². The molecule has 142 valence electrons. The van der Waals surface area contributed by atoms with E-state index in [0.29, 0.717) is 0 Å². The van der Waals surface area contributed by atoms with Gasteiger partial charge in [0.2, 0.25) is 0 Å². The van der Waals surface area contributed by atoms with E-state index < -0.39 is 0 Å². The number of unbranched alkanes of at least 4 members (excludes halogenated alkanes) is 1. The minimum absolute atomic E-state index is 0.116. The highest BCUT2D eigenvalue weighted by Gasteiger charge is 2.41. The monoisotopic (exact) mass is 398 g/mol. The summed E-state index contributed by atoms with van der Waals surface area (Å²) < 4.78 is 0. The van der Waals surface area contributed by atoms with Gasteiger partial charge in [-0.25, -0.2) is 0 Å². The quantitative estimate of drug-likeness (QED) is 0.525. The van der Waals surface area contributed by atoms with E-state index in [2.05, 4.69) is 48.2 Å². The maximum absolute atomic E-state index is 6.06. The van der Waals surface area contributed by atoms with Crippen molar-refractivity contribution in [3.8, 4) is 0 Å². The smallest absolute Gasteiger partial charge is 0.132 e. The van der Waals surface area contributed by atoms with Crippen LogP contribution in [0.1, 0.15) is 50.2 Å². The van der Waals surface area contributed by atoms with Gasteiger partial charge < -0.3 is 4.90 Å². The average Bonchev–Trinajstić information content (AvgIpc) is 3.33. The molecule has 1 atom stereocenters. The molecule has 2 aliphatic rings. The molecule has 0 N–H and O–H groups in total. The molecule has 1 saturated heterocycles. The topological polar surface area (TPSA) is 15.6 Å². The summed E-state index contributed by atoms with van der Waals surface area (Å²) in [6, 6.07) is 17.1. The molecule has 0 aromatic heterocycles. The molecule has 1 fully saturated rings. The zero-order valence-electron chi connectivity index (χ0n) is 16.0. The molecule has 1 unspecified atom stereocenters. The fourth-order valence-electron chi connectivity index (χ4n) is 4.15. The van der Waals surface area contributed by atoms with Gasteiger partial charge in [-0.05, 0) is 49.1 Å². The first kappa shape index (κ1) is 18.9. The van der Waals surface area contributed by atoms with Crippen LogP contribution in [0.15, 0.2) is 58.4 Å². The van der Waals surface area contributed by atoms with Gasteiger partial charge in [-0.1, -0.05) is 55.6 Å². The molecule has 27 heavy (non-hydrogen) atoms. The summed E-state index contributed by atoms with van der Waals surface area (Å²) in [5.74, 6) is 2.21. The lowest BCUT2D eigenvalue weighted by molar-refractivity contribution is 0.443. The van der Waals surface area contributed by atoms with Crippen molar-refractivity contribution in [3.63, 3.8) is 0 Å². The fourth-order valence-corrected chi connectivity index (χ4v) is 5.38. The van der Waals surface area contributed by atoms with E-state index in [9.17, 15) is 0 Å². The molecule has 4 heteroatoms. The molecule has 2 nitrogen and oxygen atoms in total. The number of rotatable bonds is 6. The van der Waals surface area contributed by atoms with E-state index in [1.165, 1.54) is 47.5 Å². The Morgan fingerprint density at radius 2 is 1.81 bits per heavy atom. The van der Waals surface area contributed by atoms with E-state index in [4.69, 9.17) is 16.6 Å². The second-order valence-electron chi connectivity index (χ2n) is 7.55. The molecule has 2 aromatic rings. The summed E-state index contributed by atoms with van der Waals surface area (Å²) in [5, 5.41) is 0.792. The third-order valence-electron chi connectivity index (χ3n) is 5.63. The van der Waals surface area contributed by atoms with E-state index in [1.807, 2.05) is 23.9 Å². The zero-order valence-corrected chi connectivity index (χ0v) is 17.5. The highest BCUT2D eigenvalue weighted by molar-refractivity contribution is 7.99. The number of benzene rings is 2. The maximum atomic E-state index is 6.06. The lowest BCUT2D eigenvalue weighted by Gasteiger charge is -2.27. The highest BCUT2D eigenvalue weighted by Crippen LogP contribution is 2.44. The fraction of sp³-hybridized carbons (Fsp3) is 0.435. The molecule has 0 radical (unpaired) electrons. The summed E-state index contributed by atoms with van der Waals surface area (Å²) in [6.07, 6.45) is 6.07. The first-order chi connectivity index (χ1) is 13.2. The minimum atomic E-state index is -0.116. The van der Waals surface area contributed by atoms with Crippen molar-refractivity contribution in [2.45, 2.75) is 49.5 Å². The second kappa shape index (κ2) is 8.28. The largest absolute Gasteiger partial charge is 0.356 e. The van der Waals surface area contributed by atoms with Crippen LogP contribution in [0.25, 0.3) is 0 Å². The van der Waals surface area contributed by atoms with Crippen molar-refractivity contribution < 1.29 is 0 Å². The van der Waals surface area contributed by atoms with Crippen molar-refractivity contribution in [2.75, 3.05) is 18.8 Å². The molecule has 2 aromatic carbocycles. The van der Waals surface area contributed by atoms with E-state index in [0.717, 1.165) is 30.3 Å². The third kappa shape index (κ3) is 3.90. The van der Waals surface area contributed by atoms with Gasteiger partial charge >= 0.3 is 0 Å². The van der Waals surface area contributed by atoms with Gasteiger partial charge in [0.05, 0.1) is 5.54 Å². The standard InChI is InChI=1S/C23H27ClN2S/c1-2-3-14-23(17-27-19-12-10-18(24)11-13-19)21-9-5-4-8-20(21)22(25-23)26-15-6-7-16-26/h4-5,8-13H,2-3,6-7,14-17H2,1H3. The Balaban J connectivity index is 1.67. The Morgan fingerprint density at radius 1 is 1.07 bits per heavy atom. The van der Waals surface area contributed by atoms with Gasteiger partial charge in [-0.15, -0.1) is 11.8 Å². The van der Waals surface area contributed by atoms with Gasteiger partial charge in [0.15, 0.2) is 0 Å².